The van der Waals surface area contributed by atoms with E-state index >= 15 is 0 Å². The summed E-state index contributed by atoms with van der Waals surface area (Å²) >= 11 is 0. The molecule has 0 aromatic carbocycles. The number of carbonyl (C=O) groups is 2. The van der Waals surface area contributed by atoms with Gasteiger partial charge in [-0.3, -0.25) is 9.88 Å². The summed E-state index contributed by atoms with van der Waals surface area (Å²) < 4.78 is 71.8. The Hall–Kier alpha value is -3.27. The van der Waals surface area contributed by atoms with Crippen LogP contribution in [0.5, 0.6) is 0 Å². The lowest BCUT2D eigenvalue weighted by Gasteiger charge is -2.44. The fourth-order valence-electron chi connectivity index (χ4n) is 4.20. The van der Waals surface area contributed by atoms with E-state index in [1.807, 2.05) is 12.3 Å². The van der Waals surface area contributed by atoms with Crippen LogP contribution in [-0.4, -0.2) is 78.6 Å². The summed E-state index contributed by atoms with van der Waals surface area (Å²) in [6.45, 7) is 3.44. The second-order valence-corrected chi connectivity index (χ2v) is 9.62. The molecule has 5 rings (SSSR count). The summed E-state index contributed by atoms with van der Waals surface area (Å²) in [5.74, 6) is -4.69. The number of ether oxygens (including phenoxy) is 1. The molecule has 2 aliphatic carbocycles. The summed E-state index contributed by atoms with van der Waals surface area (Å²) in [5.41, 5.74) is 3.63. The van der Waals surface area contributed by atoms with Crippen molar-refractivity contribution in [1.82, 2.24) is 24.9 Å². The van der Waals surface area contributed by atoms with Gasteiger partial charge in [0.05, 0.1) is 24.9 Å². The zero-order valence-corrected chi connectivity index (χ0v) is 21.2. The molecule has 2 N–H and O–H groups in total. The van der Waals surface area contributed by atoms with Crippen molar-refractivity contribution in [2.45, 2.75) is 76.1 Å². The van der Waals surface area contributed by atoms with Crippen molar-refractivity contribution in [2.75, 3.05) is 13.2 Å². The molecule has 0 spiro atoms. The van der Waals surface area contributed by atoms with Gasteiger partial charge in [-0.05, 0) is 43.2 Å². The highest BCUT2D eigenvalue weighted by atomic mass is 19.4. The Morgan fingerprint density at radius 3 is 2.12 bits per heavy atom. The monoisotopic (exact) mass is 581 g/mol. The van der Waals surface area contributed by atoms with Crippen molar-refractivity contribution >= 4 is 11.9 Å². The van der Waals surface area contributed by atoms with Gasteiger partial charge in [0.1, 0.15) is 5.69 Å². The van der Waals surface area contributed by atoms with Gasteiger partial charge >= 0.3 is 24.3 Å². The van der Waals surface area contributed by atoms with Crippen molar-refractivity contribution in [3.05, 3.63) is 41.5 Å². The Kier molecular flexibility index (Phi) is 10.5. The summed E-state index contributed by atoms with van der Waals surface area (Å²) in [5, 5.41) is 23.4. The number of carboxylic acid groups (broad SMARTS) is 2. The van der Waals surface area contributed by atoms with Crippen molar-refractivity contribution < 1.29 is 50.9 Å². The standard InChI is InChI=1S/C20H27N5O.2C2HF3O2/c1-4-17(5-1)24-10-8-18-20(22-23-25(18)12-15-6-7-15)19(24)14-26-13-16-3-2-9-21-11-16;2*3-2(4,5)1(6)7/h2-3,9,11,15,17,19H,1,4-8,10,12-14H2;2*(H,6,7). The third kappa shape index (κ3) is 9.15. The number of hydrogen-bond acceptors (Lipinski definition) is 7. The van der Waals surface area contributed by atoms with Crippen LogP contribution in [0.1, 0.15) is 55.1 Å². The van der Waals surface area contributed by atoms with Crippen molar-refractivity contribution in [1.29, 1.82) is 0 Å². The van der Waals surface area contributed by atoms with E-state index in [0.29, 0.717) is 19.3 Å². The molecular formula is C24H29F6N5O5. The first kappa shape index (κ1) is 31.3. The minimum Gasteiger partial charge on any atom is -0.475 e. The zero-order valence-electron chi connectivity index (χ0n) is 21.2. The Bertz CT molecular complexity index is 1100. The Labute approximate surface area is 224 Å². The molecule has 1 aliphatic heterocycles. The van der Waals surface area contributed by atoms with E-state index in [1.165, 1.54) is 37.8 Å². The van der Waals surface area contributed by atoms with Crippen LogP contribution in [-0.2, 0) is 33.9 Å². The van der Waals surface area contributed by atoms with E-state index in [0.717, 1.165) is 36.7 Å². The quantitative estimate of drug-likeness (QED) is 0.466. The van der Waals surface area contributed by atoms with Crippen LogP contribution in [0.2, 0.25) is 0 Å². The molecule has 0 amide bonds. The molecular weight excluding hydrogens is 552 g/mol. The van der Waals surface area contributed by atoms with Gasteiger partial charge in [0.25, 0.3) is 0 Å². The number of nitrogens with zero attached hydrogens (tertiary/aromatic N) is 5. The number of aliphatic carboxylic acids is 2. The van der Waals surface area contributed by atoms with Crippen LogP contribution in [0.25, 0.3) is 0 Å². The number of rotatable bonds is 7. The highest BCUT2D eigenvalue weighted by Gasteiger charge is 2.40. The zero-order chi connectivity index (χ0) is 29.5. The van der Waals surface area contributed by atoms with Crippen LogP contribution in [0.4, 0.5) is 26.3 Å². The molecule has 10 nitrogen and oxygen atoms in total. The molecule has 2 aromatic rings. The van der Waals surface area contributed by atoms with E-state index in [4.69, 9.17) is 24.5 Å². The lowest BCUT2D eigenvalue weighted by atomic mass is 9.88. The maximum Gasteiger partial charge on any atom is 0.490 e. The number of halogens is 6. The largest absolute Gasteiger partial charge is 0.490 e. The first-order valence-corrected chi connectivity index (χ1v) is 12.5. The number of alkyl halides is 6. The summed E-state index contributed by atoms with van der Waals surface area (Å²) in [6, 6.07) is 4.97. The summed E-state index contributed by atoms with van der Waals surface area (Å²) in [4.78, 5) is 24.6. The fraction of sp³-hybridized carbons (Fsp3) is 0.625. The van der Waals surface area contributed by atoms with Crippen molar-refractivity contribution in [2.24, 2.45) is 5.92 Å². The minimum absolute atomic E-state index is 0.244. The molecule has 2 aromatic heterocycles. The lowest BCUT2D eigenvalue weighted by Crippen LogP contribution is -2.47. The van der Waals surface area contributed by atoms with Gasteiger partial charge in [-0.2, -0.15) is 26.3 Å². The van der Waals surface area contributed by atoms with E-state index < -0.39 is 24.3 Å². The van der Waals surface area contributed by atoms with E-state index in [-0.39, 0.29) is 6.04 Å². The molecule has 0 bridgehead atoms. The van der Waals surface area contributed by atoms with Crippen LogP contribution < -0.4 is 0 Å². The molecule has 40 heavy (non-hydrogen) atoms. The number of hydrogen-bond donors (Lipinski definition) is 2. The Morgan fingerprint density at radius 2 is 1.65 bits per heavy atom. The topological polar surface area (TPSA) is 131 Å². The summed E-state index contributed by atoms with van der Waals surface area (Å²) in [7, 11) is 0. The fourth-order valence-corrected chi connectivity index (χ4v) is 4.20. The minimum atomic E-state index is -5.08. The van der Waals surface area contributed by atoms with Gasteiger partial charge in [0, 0.05) is 37.9 Å². The summed E-state index contributed by atoms with van der Waals surface area (Å²) in [6.07, 6.45) is 1.25. The van der Waals surface area contributed by atoms with E-state index in [9.17, 15) is 26.3 Å². The average molecular weight is 582 g/mol. The highest BCUT2D eigenvalue weighted by molar-refractivity contribution is 5.73. The van der Waals surface area contributed by atoms with Crippen LogP contribution in [0.3, 0.4) is 0 Å². The lowest BCUT2D eigenvalue weighted by molar-refractivity contribution is -0.193. The van der Waals surface area contributed by atoms with Gasteiger partial charge in [0.2, 0.25) is 0 Å². The second-order valence-electron chi connectivity index (χ2n) is 9.62. The molecule has 1 atom stereocenters. The highest BCUT2D eigenvalue weighted by Crippen LogP contribution is 2.37. The maximum absolute atomic E-state index is 10.6. The third-order valence-electron chi connectivity index (χ3n) is 6.61. The van der Waals surface area contributed by atoms with Gasteiger partial charge in [-0.1, -0.05) is 17.7 Å². The van der Waals surface area contributed by atoms with Gasteiger partial charge in [-0.25, -0.2) is 14.3 Å². The number of carboxylic acids is 2. The Morgan fingerprint density at radius 1 is 1.02 bits per heavy atom. The van der Waals surface area contributed by atoms with Gasteiger partial charge < -0.3 is 14.9 Å². The molecule has 2 saturated carbocycles. The average Bonchev–Trinajstić information content (AvgIpc) is 3.57. The van der Waals surface area contributed by atoms with Crippen molar-refractivity contribution in [3.8, 4) is 0 Å². The molecule has 16 heteroatoms. The Balaban J connectivity index is 0.000000263. The molecule has 3 heterocycles. The third-order valence-corrected chi connectivity index (χ3v) is 6.61. The second kappa shape index (κ2) is 13.4. The normalized spacial score (nSPS) is 19.3. The first-order valence-electron chi connectivity index (χ1n) is 12.5. The van der Waals surface area contributed by atoms with E-state index in [2.05, 4.69) is 30.9 Å². The van der Waals surface area contributed by atoms with Crippen LogP contribution >= 0.6 is 0 Å². The van der Waals surface area contributed by atoms with Crippen molar-refractivity contribution in [3.63, 3.8) is 0 Å². The van der Waals surface area contributed by atoms with Gasteiger partial charge in [-0.15, -0.1) is 5.10 Å². The maximum atomic E-state index is 10.6. The molecule has 222 valence electrons. The molecule has 0 saturated heterocycles. The number of aromatic nitrogens is 4. The molecule has 2 fully saturated rings. The van der Waals surface area contributed by atoms with Gasteiger partial charge in [0.15, 0.2) is 0 Å². The molecule has 0 radical (unpaired) electrons. The first-order chi connectivity index (χ1) is 18.8. The van der Waals surface area contributed by atoms with E-state index in [1.54, 1.807) is 6.20 Å². The predicted octanol–water partition coefficient (Wildman–Crippen LogP) is 4.02. The van der Waals surface area contributed by atoms with Crippen LogP contribution in [0, 0.1) is 5.92 Å². The predicted molar refractivity (Wildman–Crippen MR) is 125 cm³/mol. The molecule has 1 unspecified atom stereocenters. The number of fused-ring (bicyclic) bond motifs is 1. The number of pyridine rings is 1. The molecule has 3 aliphatic rings. The SMILES string of the molecule is O=C(O)C(F)(F)F.O=C(O)C(F)(F)F.c1cncc(COCC2c3nnn(CC4CC4)c3CCN2C2CCC2)c1. The van der Waals surface area contributed by atoms with Crippen LogP contribution in [0.15, 0.2) is 24.5 Å². The smallest absolute Gasteiger partial charge is 0.475 e.